The Labute approximate surface area is 170 Å². The molecule has 1 aliphatic heterocycles. The summed E-state index contributed by atoms with van der Waals surface area (Å²) in [5.41, 5.74) is 4.12. The molecule has 5 heteroatoms. The zero-order valence-corrected chi connectivity index (χ0v) is 16.9. The summed E-state index contributed by atoms with van der Waals surface area (Å²) in [7, 11) is 0. The number of anilines is 2. The number of nitrogens with zero attached hydrogens (tertiary/aromatic N) is 2. The molecule has 1 aliphatic rings. The highest BCUT2D eigenvalue weighted by atomic mass is 32.1. The van der Waals surface area contributed by atoms with Crippen LogP contribution in [0.25, 0.3) is 0 Å². The van der Waals surface area contributed by atoms with Crippen LogP contribution in [0.5, 0.6) is 0 Å². The van der Waals surface area contributed by atoms with Crippen molar-refractivity contribution < 1.29 is 4.79 Å². The highest BCUT2D eigenvalue weighted by molar-refractivity contribution is 7.14. The molecular weight excluding hydrogens is 366 g/mol. The van der Waals surface area contributed by atoms with E-state index in [-0.39, 0.29) is 5.91 Å². The first kappa shape index (κ1) is 18.7. The van der Waals surface area contributed by atoms with Crippen LogP contribution >= 0.6 is 11.3 Å². The van der Waals surface area contributed by atoms with Gasteiger partial charge in [0.15, 0.2) is 5.13 Å². The Morgan fingerprint density at radius 1 is 1.11 bits per heavy atom. The van der Waals surface area contributed by atoms with Gasteiger partial charge in [0.1, 0.15) is 5.69 Å². The van der Waals surface area contributed by atoms with Gasteiger partial charge in [-0.05, 0) is 49.3 Å². The zero-order chi connectivity index (χ0) is 19.3. The van der Waals surface area contributed by atoms with Crippen LogP contribution in [0.2, 0.25) is 0 Å². The normalized spacial score (nSPS) is 14.8. The average molecular weight is 392 g/mol. The van der Waals surface area contributed by atoms with Crippen LogP contribution in [0.1, 0.15) is 34.5 Å². The average Bonchev–Trinajstić information content (AvgIpc) is 3.19. The topological polar surface area (TPSA) is 45.2 Å². The molecular formula is C23H25N3OS. The van der Waals surface area contributed by atoms with Crippen LogP contribution in [0.3, 0.4) is 0 Å². The minimum Gasteiger partial charge on any atom is -0.337 e. The van der Waals surface area contributed by atoms with Crippen molar-refractivity contribution in [2.45, 2.75) is 26.2 Å². The van der Waals surface area contributed by atoms with E-state index in [2.05, 4.69) is 53.6 Å². The minimum atomic E-state index is 0.0484. The van der Waals surface area contributed by atoms with E-state index in [0.29, 0.717) is 11.6 Å². The third-order valence-corrected chi connectivity index (χ3v) is 6.14. The number of hydrogen-bond acceptors (Lipinski definition) is 4. The summed E-state index contributed by atoms with van der Waals surface area (Å²) in [5.74, 6) is 0.701. The molecule has 2 heterocycles. The largest absolute Gasteiger partial charge is 0.337 e. The van der Waals surface area contributed by atoms with E-state index in [1.54, 1.807) is 0 Å². The van der Waals surface area contributed by atoms with Gasteiger partial charge < -0.3 is 10.2 Å². The molecule has 4 nitrogen and oxygen atoms in total. The van der Waals surface area contributed by atoms with Gasteiger partial charge in [0.05, 0.1) is 0 Å². The van der Waals surface area contributed by atoms with Crippen molar-refractivity contribution in [3.8, 4) is 0 Å². The Morgan fingerprint density at radius 3 is 2.57 bits per heavy atom. The summed E-state index contributed by atoms with van der Waals surface area (Å²) in [6, 6.07) is 18.7. The van der Waals surface area contributed by atoms with Gasteiger partial charge in [-0.2, -0.15) is 0 Å². The Balaban J connectivity index is 1.33. The number of likely N-dealkylation sites (tertiary alicyclic amines) is 1. The van der Waals surface area contributed by atoms with Crippen molar-refractivity contribution in [2.75, 3.05) is 18.4 Å². The molecule has 144 valence electrons. The summed E-state index contributed by atoms with van der Waals surface area (Å²) in [4.78, 5) is 19.3. The summed E-state index contributed by atoms with van der Waals surface area (Å²) in [6.07, 6.45) is 3.21. The lowest BCUT2D eigenvalue weighted by Gasteiger charge is -2.31. The summed E-state index contributed by atoms with van der Waals surface area (Å²) in [6.45, 7) is 3.68. The van der Waals surface area contributed by atoms with Crippen LogP contribution in [0.4, 0.5) is 10.8 Å². The molecule has 1 saturated heterocycles. The van der Waals surface area contributed by atoms with Crippen molar-refractivity contribution in [1.82, 2.24) is 9.88 Å². The van der Waals surface area contributed by atoms with E-state index in [4.69, 9.17) is 0 Å². The highest BCUT2D eigenvalue weighted by Gasteiger charge is 2.25. The minimum absolute atomic E-state index is 0.0484. The van der Waals surface area contributed by atoms with Crippen molar-refractivity contribution in [3.05, 3.63) is 76.8 Å². The standard InChI is InChI=1S/C23H25N3OS/c1-17-7-5-6-10-20(17)24-23-25-21(16-28-23)22(27)26-13-11-19(12-14-26)15-18-8-3-2-4-9-18/h2-10,16,19H,11-15H2,1H3,(H,24,25). The van der Waals surface area contributed by atoms with E-state index < -0.39 is 0 Å². The molecule has 4 rings (SSSR count). The molecule has 1 fully saturated rings. The van der Waals surface area contributed by atoms with Crippen molar-refractivity contribution in [1.29, 1.82) is 0 Å². The van der Waals surface area contributed by atoms with Gasteiger partial charge in [-0.3, -0.25) is 4.79 Å². The molecule has 1 aromatic heterocycles. The molecule has 0 atom stereocenters. The molecule has 1 N–H and O–H groups in total. The SMILES string of the molecule is Cc1ccccc1Nc1nc(C(=O)N2CCC(Cc3ccccc3)CC2)cs1. The number of benzene rings is 2. The van der Waals surface area contributed by atoms with Crippen LogP contribution in [-0.4, -0.2) is 28.9 Å². The fraction of sp³-hybridized carbons (Fsp3) is 0.304. The second kappa shape index (κ2) is 8.57. The predicted octanol–water partition coefficient (Wildman–Crippen LogP) is 5.29. The molecule has 0 radical (unpaired) electrons. The number of aromatic nitrogens is 1. The maximum Gasteiger partial charge on any atom is 0.273 e. The predicted molar refractivity (Wildman–Crippen MR) is 115 cm³/mol. The van der Waals surface area contributed by atoms with Gasteiger partial charge in [-0.1, -0.05) is 48.5 Å². The number of piperidine rings is 1. The first-order chi connectivity index (χ1) is 13.7. The number of amides is 1. The molecule has 0 saturated carbocycles. The van der Waals surface area contributed by atoms with Crippen LogP contribution in [0.15, 0.2) is 60.0 Å². The quantitative estimate of drug-likeness (QED) is 0.643. The Morgan fingerprint density at radius 2 is 1.82 bits per heavy atom. The van der Waals surface area contributed by atoms with Gasteiger partial charge in [0.25, 0.3) is 5.91 Å². The molecule has 1 amide bonds. The third kappa shape index (κ3) is 4.42. The Hall–Kier alpha value is -2.66. The number of aryl methyl sites for hydroxylation is 1. The fourth-order valence-electron chi connectivity index (χ4n) is 3.71. The molecule has 28 heavy (non-hydrogen) atoms. The van der Waals surface area contributed by atoms with Gasteiger partial charge in [0.2, 0.25) is 0 Å². The summed E-state index contributed by atoms with van der Waals surface area (Å²) < 4.78 is 0. The summed E-state index contributed by atoms with van der Waals surface area (Å²) in [5, 5.41) is 5.94. The fourth-order valence-corrected chi connectivity index (χ4v) is 4.40. The van der Waals surface area contributed by atoms with Gasteiger partial charge in [0, 0.05) is 24.2 Å². The lowest BCUT2D eigenvalue weighted by Crippen LogP contribution is -2.39. The smallest absolute Gasteiger partial charge is 0.273 e. The molecule has 0 spiro atoms. The maximum absolute atomic E-state index is 12.8. The first-order valence-electron chi connectivity index (χ1n) is 9.80. The number of thiazole rings is 1. The van der Waals surface area contributed by atoms with E-state index in [1.165, 1.54) is 16.9 Å². The Kier molecular flexibility index (Phi) is 5.72. The van der Waals surface area contributed by atoms with Gasteiger partial charge in [-0.15, -0.1) is 11.3 Å². The van der Waals surface area contributed by atoms with E-state index in [0.717, 1.165) is 48.7 Å². The lowest BCUT2D eigenvalue weighted by molar-refractivity contribution is 0.0685. The maximum atomic E-state index is 12.8. The third-order valence-electron chi connectivity index (χ3n) is 5.38. The second-order valence-corrected chi connectivity index (χ2v) is 8.26. The molecule has 0 aliphatic carbocycles. The Bertz CT molecular complexity index is 930. The molecule has 0 bridgehead atoms. The van der Waals surface area contributed by atoms with Crippen molar-refractivity contribution in [2.24, 2.45) is 5.92 Å². The zero-order valence-electron chi connectivity index (χ0n) is 16.1. The molecule has 0 unspecified atom stereocenters. The number of rotatable bonds is 5. The number of nitrogens with one attached hydrogen (secondary N) is 1. The van der Waals surface area contributed by atoms with E-state index >= 15 is 0 Å². The van der Waals surface area contributed by atoms with E-state index in [9.17, 15) is 4.79 Å². The monoisotopic (exact) mass is 391 g/mol. The number of carbonyl (C=O) groups excluding carboxylic acids is 1. The second-order valence-electron chi connectivity index (χ2n) is 7.40. The van der Waals surface area contributed by atoms with Gasteiger partial charge >= 0.3 is 0 Å². The number of hydrogen-bond donors (Lipinski definition) is 1. The first-order valence-corrected chi connectivity index (χ1v) is 10.7. The van der Waals surface area contributed by atoms with Crippen LogP contribution in [-0.2, 0) is 6.42 Å². The highest BCUT2D eigenvalue weighted by Crippen LogP contribution is 2.26. The van der Waals surface area contributed by atoms with Crippen LogP contribution in [0, 0.1) is 12.8 Å². The number of carbonyl (C=O) groups is 1. The van der Waals surface area contributed by atoms with Crippen molar-refractivity contribution >= 4 is 28.1 Å². The van der Waals surface area contributed by atoms with Crippen LogP contribution < -0.4 is 5.32 Å². The van der Waals surface area contributed by atoms with E-state index in [1.807, 2.05) is 28.5 Å². The summed E-state index contributed by atoms with van der Waals surface area (Å²) >= 11 is 1.48. The lowest BCUT2D eigenvalue weighted by atomic mass is 9.90. The molecule has 3 aromatic rings. The molecule has 2 aromatic carbocycles. The van der Waals surface area contributed by atoms with Crippen molar-refractivity contribution in [3.63, 3.8) is 0 Å². The van der Waals surface area contributed by atoms with Gasteiger partial charge in [-0.25, -0.2) is 4.98 Å². The number of para-hydroxylation sites is 1.